The Morgan fingerprint density at radius 2 is 1.76 bits per heavy atom. The van der Waals surface area contributed by atoms with Crippen molar-refractivity contribution in [2.45, 2.75) is 62.3 Å². The zero-order chi connectivity index (χ0) is 21.1. The number of hydrogen-bond acceptors (Lipinski definition) is 4. The van der Waals surface area contributed by atoms with E-state index in [0.29, 0.717) is 6.61 Å². The molecule has 0 N–H and O–H groups in total. The van der Waals surface area contributed by atoms with Gasteiger partial charge in [0, 0.05) is 0 Å². The quantitative estimate of drug-likeness (QED) is 0.409. The normalized spacial score (nSPS) is 15.1. The van der Waals surface area contributed by atoms with Gasteiger partial charge in [-0.1, -0.05) is 0 Å². The van der Waals surface area contributed by atoms with Crippen LogP contribution in [0.15, 0.2) is 41.4 Å². The molecule has 4 nitrogen and oxygen atoms in total. The SMILES string of the molecule is CCOc1cccc2c1[O][Sn]([CH2]C)([CH2]C)[O]c1ccc(C(C)(C)CC)cc1N=C2. The van der Waals surface area contributed by atoms with Crippen molar-refractivity contribution >= 4 is 31.1 Å². The molecular weight excluding hydrogens is 469 g/mol. The van der Waals surface area contributed by atoms with Crippen molar-refractivity contribution in [3.05, 3.63) is 47.5 Å². The van der Waals surface area contributed by atoms with Crippen LogP contribution < -0.4 is 10.9 Å². The number of aliphatic imine (C=N–C) groups is 1. The summed E-state index contributed by atoms with van der Waals surface area (Å²) in [6.07, 6.45) is 2.95. The third kappa shape index (κ3) is 4.57. The number of ether oxygens (including phenoxy) is 1. The minimum atomic E-state index is -3.44. The van der Waals surface area contributed by atoms with Crippen LogP contribution >= 0.6 is 0 Å². The van der Waals surface area contributed by atoms with Crippen molar-refractivity contribution in [2.75, 3.05) is 6.61 Å². The van der Waals surface area contributed by atoms with Gasteiger partial charge >= 0.3 is 181 Å². The topological polar surface area (TPSA) is 40.0 Å². The van der Waals surface area contributed by atoms with Gasteiger partial charge < -0.3 is 0 Å². The van der Waals surface area contributed by atoms with Gasteiger partial charge in [-0.2, -0.15) is 0 Å². The molecule has 0 radical (unpaired) electrons. The Balaban J connectivity index is 2.19. The molecule has 29 heavy (non-hydrogen) atoms. The average molecular weight is 502 g/mol. The molecule has 3 rings (SSSR count). The van der Waals surface area contributed by atoms with Gasteiger partial charge in [-0.05, 0) is 0 Å². The van der Waals surface area contributed by atoms with Crippen LogP contribution in [0.4, 0.5) is 5.69 Å². The van der Waals surface area contributed by atoms with Crippen LogP contribution in [0, 0.1) is 0 Å². The van der Waals surface area contributed by atoms with Gasteiger partial charge in [0.2, 0.25) is 0 Å². The van der Waals surface area contributed by atoms with E-state index in [-0.39, 0.29) is 5.41 Å². The van der Waals surface area contributed by atoms with E-state index in [0.717, 1.165) is 43.8 Å². The zero-order valence-electron chi connectivity index (χ0n) is 18.5. The number of benzene rings is 2. The van der Waals surface area contributed by atoms with Gasteiger partial charge in [0.25, 0.3) is 0 Å². The summed E-state index contributed by atoms with van der Waals surface area (Å²) >= 11 is -3.44. The van der Waals surface area contributed by atoms with Gasteiger partial charge in [0.15, 0.2) is 0 Å². The second kappa shape index (κ2) is 8.98. The summed E-state index contributed by atoms with van der Waals surface area (Å²) in [5, 5.41) is 0. The van der Waals surface area contributed by atoms with Crippen molar-refractivity contribution in [1.82, 2.24) is 0 Å². The maximum atomic E-state index is 6.73. The molecule has 156 valence electrons. The van der Waals surface area contributed by atoms with Gasteiger partial charge in [-0.25, -0.2) is 0 Å². The zero-order valence-corrected chi connectivity index (χ0v) is 21.4. The van der Waals surface area contributed by atoms with Crippen LogP contribution in [-0.4, -0.2) is 32.0 Å². The summed E-state index contributed by atoms with van der Waals surface area (Å²) in [4.78, 5) is 4.84. The Kier molecular flexibility index (Phi) is 6.82. The van der Waals surface area contributed by atoms with E-state index in [1.807, 2.05) is 31.3 Å². The monoisotopic (exact) mass is 503 g/mol. The molecular formula is C24H33NO3Sn. The number of fused-ring (bicyclic) bond motifs is 2. The summed E-state index contributed by atoms with van der Waals surface area (Å²) in [5.41, 5.74) is 3.19. The molecule has 1 heterocycles. The van der Waals surface area contributed by atoms with Gasteiger partial charge in [0.05, 0.1) is 0 Å². The molecule has 1 aliphatic rings. The predicted octanol–water partition coefficient (Wildman–Crippen LogP) is 6.78. The molecule has 0 aromatic heterocycles. The van der Waals surface area contributed by atoms with E-state index in [1.165, 1.54) is 5.56 Å². The first kappa shape index (κ1) is 22.0. The molecule has 0 atom stereocenters. The molecule has 0 saturated carbocycles. The Bertz CT molecular complexity index is 888. The van der Waals surface area contributed by atoms with E-state index >= 15 is 0 Å². The molecule has 2 aromatic rings. The number of rotatable bonds is 6. The molecule has 2 aromatic carbocycles. The first-order chi connectivity index (χ1) is 13.9. The fourth-order valence-corrected chi connectivity index (χ4v) is 9.94. The fourth-order valence-electron chi connectivity index (χ4n) is 3.43. The van der Waals surface area contributed by atoms with Crippen LogP contribution in [0.2, 0.25) is 8.87 Å². The maximum absolute atomic E-state index is 6.73. The van der Waals surface area contributed by atoms with E-state index in [1.54, 1.807) is 0 Å². The molecule has 1 aliphatic heterocycles. The van der Waals surface area contributed by atoms with E-state index in [2.05, 4.69) is 52.8 Å². The van der Waals surface area contributed by atoms with Gasteiger partial charge in [0.1, 0.15) is 0 Å². The van der Waals surface area contributed by atoms with Crippen LogP contribution in [0.3, 0.4) is 0 Å². The third-order valence-electron chi connectivity index (χ3n) is 5.94. The molecule has 0 aliphatic carbocycles. The fraction of sp³-hybridized carbons (Fsp3) is 0.458. The molecule has 5 heteroatoms. The Morgan fingerprint density at radius 1 is 1.00 bits per heavy atom. The predicted molar refractivity (Wildman–Crippen MR) is 123 cm³/mol. The second-order valence-corrected chi connectivity index (χ2v) is 18.5. The Morgan fingerprint density at radius 3 is 2.41 bits per heavy atom. The average Bonchev–Trinajstić information content (AvgIpc) is 2.80. The molecule has 0 bridgehead atoms. The summed E-state index contributed by atoms with van der Waals surface area (Å²) < 4.78 is 21.1. The Hall–Kier alpha value is -1.69. The summed E-state index contributed by atoms with van der Waals surface area (Å²) in [5.74, 6) is 2.38. The Labute approximate surface area is 180 Å². The van der Waals surface area contributed by atoms with Crippen LogP contribution in [0.5, 0.6) is 17.2 Å². The van der Waals surface area contributed by atoms with E-state index in [4.69, 9.17) is 15.9 Å². The van der Waals surface area contributed by atoms with Crippen LogP contribution in [0.1, 0.15) is 59.1 Å². The molecule has 0 fully saturated rings. The van der Waals surface area contributed by atoms with Crippen LogP contribution in [-0.2, 0) is 5.41 Å². The second-order valence-electron chi connectivity index (χ2n) is 8.11. The van der Waals surface area contributed by atoms with Crippen molar-refractivity contribution in [2.24, 2.45) is 4.99 Å². The van der Waals surface area contributed by atoms with Gasteiger partial charge in [-0.3, -0.25) is 0 Å². The standard InChI is InChI=1S/C20H25NO3.2C2H5.Sn/c1-5-20(3,4)15-10-11-17(22)16(12-15)21-13-14-8-7-9-18(19(14)23)24-6-2;2*1-2;/h7-13,22-23H,5-6H2,1-4H3;2*1H2,2H3;/q;;;+2/p-2. The minimum absolute atomic E-state index is 0.0927. The van der Waals surface area contributed by atoms with Crippen molar-refractivity contribution in [3.8, 4) is 17.2 Å². The summed E-state index contributed by atoms with van der Waals surface area (Å²) in [6, 6.07) is 12.4. The molecule has 0 unspecified atom stereocenters. The summed E-state index contributed by atoms with van der Waals surface area (Å²) in [6.45, 7) is 13.7. The number of hydrogen-bond donors (Lipinski definition) is 0. The van der Waals surface area contributed by atoms with E-state index < -0.39 is 19.2 Å². The van der Waals surface area contributed by atoms with E-state index in [9.17, 15) is 0 Å². The van der Waals surface area contributed by atoms with Crippen molar-refractivity contribution in [1.29, 1.82) is 0 Å². The molecule has 0 amide bonds. The summed E-state index contributed by atoms with van der Waals surface area (Å²) in [7, 11) is 0. The number of nitrogens with zero attached hydrogens (tertiary/aromatic N) is 1. The van der Waals surface area contributed by atoms with Gasteiger partial charge in [-0.15, -0.1) is 0 Å². The molecule has 0 saturated heterocycles. The third-order valence-corrected chi connectivity index (χ3v) is 15.4. The van der Waals surface area contributed by atoms with Crippen molar-refractivity contribution < 1.29 is 10.9 Å². The first-order valence-corrected chi connectivity index (χ1v) is 17.1. The number of para-hydroxylation sites is 1. The van der Waals surface area contributed by atoms with Crippen molar-refractivity contribution in [3.63, 3.8) is 0 Å². The van der Waals surface area contributed by atoms with Crippen LogP contribution in [0.25, 0.3) is 0 Å². The first-order valence-electron chi connectivity index (χ1n) is 10.7. The molecule has 0 spiro atoms.